The van der Waals surface area contributed by atoms with Crippen LogP contribution in [0.5, 0.6) is 0 Å². The average Bonchev–Trinajstić information content (AvgIpc) is 2.74. The van der Waals surface area contributed by atoms with Crippen molar-refractivity contribution in [3.63, 3.8) is 0 Å². The second kappa shape index (κ2) is 4.21. The lowest BCUT2D eigenvalue weighted by Gasteiger charge is -2.58. The lowest BCUT2D eigenvalue weighted by Crippen LogP contribution is -2.52. The normalized spacial score (nSPS) is 54.2. The Bertz CT molecular complexity index is 464. The molecule has 0 amide bonds. The fourth-order valence-corrected chi connectivity index (χ4v) is 6.61. The van der Waals surface area contributed by atoms with Crippen LogP contribution >= 0.6 is 0 Å². The Balaban J connectivity index is 1.68. The van der Waals surface area contributed by atoms with Crippen molar-refractivity contribution in [3.05, 3.63) is 12.2 Å². The summed E-state index contributed by atoms with van der Waals surface area (Å²) in [6, 6.07) is 0. The van der Waals surface area contributed by atoms with Gasteiger partial charge in [-0.25, -0.2) is 0 Å². The fourth-order valence-electron chi connectivity index (χ4n) is 6.61. The zero-order valence-corrected chi connectivity index (χ0v) is 13.0. The van der Waals surface area contributed by atoms with Crippen LogP contribution in [0.15, 0.2) is 12.2 Å². The Kier molecular flexibility index (Phi) is 2.76. The van der Waals surface area contributed by atoms with E-state index in [-0.39, 0.29) is 5.41 Å². The quantitative estimate of drug-likeness (QED) is 0.581. The van der Waals surface area contributed by atoms with Crippen LogP contribution in [0.4, 0.5) is 0 Å². The molecule has 6 atom stereocenters. The Labute approximate surface area is 123 Å². The minimum absolute atomic E-state index is 0.0505. The summed E-state index contributed by atoms with van der Waals surface area (Å²) in [5.41, 5.74) is 0.583. The number of Topliss-reactive ketones (excluding diaryl/α,β-unsaturated/α-hetero) is 1. The second-order valence-electron chi connectivity index (χ2n) is 8.49. The highest BCUT2D eigenvalue weighted by molar-refractivity contribution is 5.87. The van der Waals surface area contributed by atoms with Gasteiger partial charge in [0.25, 0.3) is 0 Å². The van der Waals surface area contributed by atoms with E-state index in [1.165, 1.54) is 44.9 Å². The van der Waals surface area contributed by atoms with Gasteiger partial charge in [-0.15, -0.1) is 0 Å². The van der Waals surface area contributed by atoms with Gasteiger partial charge in [-0.1, -0.05) is 26.0 Å². The number of rotatable bonds is 0. The molecule has 0 aromatic heterocycles. The summed E-state index contributed by atoms with van der Waals surface area (Å²) in [6.45, 7) is 4.86. The maximum absolute atomic E-state index is 12.4. The third-order valence-corrected chi connectivity index (χ3v) is 7.92. The molecule has 4 aliphatic carbocycles. The lowest BCUT2D eigenvalue weighted by molar-refractivity contribution is -0.136. The van der Waals surface area contributed by atoms with E-state index in [0.717, 1.165) is 24.2 Å². The minimum atomic E-state index is 0.0505. The SMILES string of the molecule is CC12CCC3C(CC[C@H]4CC=CCC34C)C1CCC2=O. The molecule has 0 aromatic carbocycles. The molecule has 0 aliphatic heterocycles. The molecule has 4 aliphatic rings. The van der Waals surface area contributed by atoms with Crippen molar-refractivity contribution in [2.24, 2.45) is 34.5 Å². The van der Waals surface area contributed by atoms with E-state index in [4.69, 9.17) is 0 Å². The van der Waals surface area contributed by atoms with Crippen molar-refractivity contribution < 1.29 is 4.79 Å². The number of hydrogen-bond acceptors (Lipinski definition) is 1. The lowest BCUT2D eigenvalue weighted by atomic mass is 9.46. The van der Waals surface area contributed by atoms with Gasteiger partial charge in [-0.05, 0) is 74.0 Å². The molecule has 110 valence electrons. The smallest absolute Gasteiger partial charge is 0.139 e. The summed E-state index contributed by atoms with van der Waals surface area (Å²) >= 11 is 0. The van der Waals surface area contributed by atoms with Gasteiger partial charge in [0, 0.05) is 11.8 Å². The van der Waals surface area contributed by atoms with Crippen molar-refractivity contribution in [3.8, 4) is 0 Å². The first-order chi connectivity index (χ1) is 9.56. The third kappa shape index (κ3) is 1.53. The molecule has 0 aromatic rings. The van der Waals surface area contributed by atoms with Crippen LogP contribution in [0.2, 0.25) is 0 Å². The van der Waals surface area contributed by atoms with Crippen molar-refractivity contribution in [1.29, 1.82) is 0 Å². The fraction of sp³-hybridized carbons (Fsp3) is 0.842. The van der Waals surface area contributed by atoms with E-state index in [1.807, 2.05) is 0 Å². The zero-order valence-electron chi connectivity index (χ0n) is 13.0. The first-order valence-electron chi connectivity index (χ1n) is 8.74. The van der Waals surface area contributed by atoms with Crippen molar-refractivity contribution in [1.82, 2.24) is 0 Å². The first kappa shape index (κ1) is 13.1. The molecule has 0 radical (unpaired) electrons. The Morgan fingerprint density at radius 2 is 1.90 bits per heavy atom. The molecule has 3 saturated carbocycles. The summed E-state index contributed by atoms with van der Waals surface area (Å²) in [5.74, 6) is 3.92. The molecular formula is C19H28O. The summed E-state index contributed by atoms with van der Waals surface area (Å²) in [6.07, 6.45) is 14.8. The van der Waals surface area contributed by atoms with E-state index in [9.17, 15) is 4.79 Å². The van der Waals surface area contributed by atoms with Crippen LogP contribution in [0.3, 0.4) is 0 Å². The van der Waals surface area contributed by atoms with Gasteiger partial charge in [0.1, 0.15) is 5.78 Å². The van der Waals surface area contributed by atoms with E-state index >= 15 is 0 Å². The number of carbonyl (C=O) groups is 1. The van der Waals surface area contributed by atoms with Gasteiger partial charge in [0.15, 0.2) is 0 Å². The van der Waals surface area contributed by atoms with Crippen LogP contribution in [0, 0.1) is 34.5 Å². The molecule has 4 rings (SSSR count). The monoisotopic (exact) mass is 272 g/mol. The second-order valence-corrected chi connectivity index (χ2v) is 8.49. The van der Waals surface area contributed by atoms with E-state index in [1.54, 1.807) is 0 Å². The third-order valence-electron chi connectivity index (χ3n) is 7.92. The highest BCUT2D eigenvalue weighted by atomic mass is 16.1. The highest BCUT2D eigenvalue weighted by Crippen LogP contribution is 2.64. The van der Waals surface area contributed by atoms with E-state index in [2.05, 4.69) is 26.0 Å². The van der Waals surface area contributed by atoms with Crippen molar-refractivity contribution >= 4 is 5.78 Å². The molecule has 0 spiro atoms. The van der Waals surface area contributed by atoms with E-state index < -0.39 is 0 Å². The van der Waals surface area contributed by atoms with Crippen LogP contribution in [-0.2, 0) is 4.79 Å². The summed E-state index contributed by atoms with van der Waals surface area (Å²) in [7, 11) is 0. The van der Waals surface area contributed by atoms with Gasteiger partial charge in [0.2, 0.25) is 0 Å². The predicted molar refractivity (Wildman–Crippen MR) is 81.3 cm³/mol. The van der Waals surface area contributed by atoms with E-state index in [0.29, 0.717) is 17.1 Å². The highest BCUT2D eigenvalue weighted by Gasteiger charge is 2.59. The molecule has 0 heterocycles. The molecule has 0 saturated heterocycles. The number of carbonyl (C=O) groups excluding carboxylic acids is 1. The number of ketones is 1. The van der Waals surface area contributed by atoms with Gasteiger partial charge >= 0.3 is 0 Å². The van der Waals surface area contributed by atoms with Crippen LogP contribution in [-0.4, -0.2) is 5.78 Å². The molecule has 1 nitrogen and oxygen atoms in total. The molecule has 0 bridgehead atoms. The zero-order chi connectivity index (χ0) is 14.0. The van der Waals surface area contributed by atoms with Crippen molar-refractivity contribution in [2.75, 3.05) is 0 Å². The summed E-state index contributed by atoms with van der Waals surface area (Å²) in [5, 5.41) is 0. The van der Waals surface area contributed by atoms with Crippen molar-refractivity contribution in [2.45, 2.75) is 65.2 Å². The molecule has 0 N–H and O–H groups in total. The topological polar surface area (TPSA) is 17.1 Å². The molecule has 3 fully saturated rings. The Hall–Kier alpha value is -0.590. The molecule has 5 unspecified atom stereocenters. The average molecular weight is 272 g/mol. The largest absolute Gasteiger partial charge is 0.299 e. The number of allylic oxidation sites excluding steroid dienone is 2. The standard InChI is InChI=1S/C19H28O/c1-18-11-4-3-5-13(18)6-7-14-15-8-9-17(20)19(15,2)12-10-16(14)18/h3-4,13-16H,5-12H2,1-2H3/t13-,14?,15?,16?,18?,19?/m1/s1. The summed E-state index contributed by atoms with van der Waals surface area (Å²) < 4.78 is 0. The van der Waals surface area contributed by atoms with Crippen LogP contribution in [0.1, 0.15) is 65.2 Å². The molecular weight excluding hydrogens is 244 g/mol. The van der Waals surface area contributed by atoms with Gasteiger partial charge in [0.05, 0.1) is 0 Å². The van der Waals surface area contributed by atoms with Gasteiger partial charge in [-0.3, -0.25) is 4.79 Å². The van der Waals surface area contributed by atoms with Gasteiger partial charge < -0.3 is 0 Å². The Morgan fingerprint density at radius 1 is 1.05 bits per heavy atom. The predicted octanol–water partition coefficient (Wildman–Crippen LogP) is 4.76. The van der Waals surface area contributed by atoms with Crippen LogP contribution in [0.25, 0.3) is 0 Å². The number of hydrogen-bond donors (Lipinski definition) is 0. The first-order valence-corrected chi connectivity index (χ1v) is 8.74. The maximum Gasteiger partial charge on any atom is 0.139 e. The molecule has 20 heavy (non-hydrogen) atoms. The van der Waals surface area contributed by atoms with Gasteiger partial charge in [-0.2, -0.15) is 0 Å². The Morgan fingerprint density at radius 3 is 2.75 bits per heavy atom. The number of fused-ring (bicyclic) bond motifs is 5. The minimum Gasteiger partial charge on any atom is -0.299 e. The summed E-state index contributed by atoms with van der Waals surface area (Å²) in [4.78, 5) is 12.4. The van der Waals surface area contributed by atoms with Crippen LogP contribution < -0.4 is 0 Å². The molecule has 1 heteroatoms. The maximum atomic E-state index is 12.4.